The van der Waals surface area contributed by atoms with Crippen LogP contribution in [-0.4, -0.2) is 28.7 Å². The topological polar surface area (TPSA) is 83.5 Å². The van der Waals surface area contributed by atoms with Gasteiger partial charge in [-0.2, -0.15) is 0 Å². The third-order valence-corrected chi connectivity index (χ3v) is 2.19. The van der Waals surface area contributed by atoms with Gasteiger partial charge in [0.2, 0.25) is 11.6 Å². The molecule has 1 aliphatic heterocycles. The number of carboxylic acid groups (broad SMARTS) is 1. The molecule has 5 heteroatoms. The van der Waals surface area contributed by atoms with E-state index < -0.39 is 23.6 Å². The maximum absolute atomic E-state index is 11.0. The molecule has 0 aromatic heterocycles. The number of carbonyl (C=O) groups excluding carboxylic acids is 2. The largest absolute Gasteiger partial charge is 0.479 e. The number of ketones is 2. The zero-order valence-electron chi connectivity index (χ0n) is 7.11. The predicted molar refractivity (Wildman–Crippen MR) is 45.4 cm³/mol. The second-order valence-electron chi connectivity index (χ2n) is 3.17. The Bertz CT molecular complexity index is 405. The highest BCUT2D eigenvalue weighted by molar-refractivity contribution is 6.43. The van der Waals surface area contributed by atoms with Gasteiger partial charge in [-0.3, -0.25) is 9.59 Å². The van der Waals surface area contributed by atoms with Crippen LogP contribution in [0.5, 0.6) is 0 Å². The molecule has 2 aliphatic rings. The molecule has 2 N–H and O–H groups in total. The summed E-state index contributed by atoms with van der Waals surface area (Å²) in [5.74, 6) is -2.09. The number of Topliss-reactive ketones (excluding diaryl/α,β-unsaturated/α-hetero) is 1. The fraction of sp³-hybridized carbons (Fsp3) is 0.222. The highest BCUT2D eigenvalue weighted by atomic mass is 16.4. The third kappa shape index (κ3) is 1.22. The molecule has 0 bridgehead atoms. The Morgan fingerprint density at radius 2 is 2.21 bits per heavy atom. The maximum atomic E-state index is 11.0. The number of carboxylic acids is 1. The molecule has 0 amide bonds. The summed E-state index contributed by atoms with van der Waals surface area (Å²) in [5, 5.41) is 11.3. The smallest absolute Gasteiger partial charge is 0.330 e. The minimum atomic E-state index is -1.02. The number of hydrogen-bond donors (Lipinski definition) is 2. The van der Waals surface area contributed by atoms with E-state index in [9.17, 15) is 14.4 Å². The molecule has 72 valence electrons. The highest BCUT2D eigenvalue weighted by Crippen LogP contribution is 2.24. The van der Waals surface area contributed by atoms with Crippen molar-refractivity contribution < 1.29 is 19.5 Å². The van der Waals surface area contributed by atoms with Crippen LogP contribution in [0.15, 0.2) is 23.4 Å². The van der Waals surface area contributed by atoms with Crippen LogP contribution in [0.2, 0.25) is 0 Å². The molecule has 0 saturated carbocycles. The molecule has 0 spiro atoms. The van der Waals surface area contributed by atoms with Gasteiger partial charge in [0.15, 0.2) is 0 Å². The molecule has 2 rings (SSSR count). The molecular formula is C9H7NO4. The highest BCUT2D eigenvalue weighted by Gasteiger charge is 2.31. The number of nitrogens with one attached hydrogen (secondary N) is 1. The van der Waals surface area contributed by atoms with Gasteiger partial charge in [-0.1, -0.05) is 0 Å². The van der Waals surface area contributed by atoms with Gasteiger partial charge >= 0.3 is 5.97 Å². The number of rotatable bonds is 1. The van der Waals surface area contributed by atoms with Gasteiger partial charge < -0.3 is 10.4 Å². The molecule has 1 aliphatic carbocycles. The lowest BCUT2D eigenvalue weighted by Crippen LogP contribution is -2.31. The van der Waals surface area contributed by atoms with E-state index in [1.807, 2.05) is 0 Å². The van der Waals surface area contributed by atoms with E-state index in [0.29, 0.717) is 11.3 Å². The number of hydrogen-bond acceptors (Lipinski definition) is 4. The van der Waals surface area contributed by atoms with Gasteiger partial charge in [-0.15, -0.1) is 0 Å². The van der Waals surface area contributed by atoms with Crippen molar-refractivity contribution in [2.45, 2.75) is 12.5 Å². The summed E-state index contributed by atoms with van der Waals surface area (Å²) in [6.45, 7) is 0. The molecule has 5 nitrogen and oxygen atoms in total. The lowest BCUT2D eigenvalue weighted by atomic mass is 9.98. The molecule has 0 fully saturated rings. The summed E-state index contributed by atoms with van der Waals surface area (Å²) in [6.07, 6.45) is 2.61. The Morgan fingerprint density at radius 3 is 2.86 bits per heavy atom. The van der Waals surface area contributed by atoms with Crippen molar-refractivity contribution in [2.24, 2.45) is 0 Å². The monoisotopic (exact) mass is 193 g/mol. The SMILES string of the molecule is O=C1C=C2N[C@@H](C(=O)O)C=C2CC1=O. The first kappa shape index (κ1) is 8.68. The molecular weight excluding hydrogens is 186 g/mol. The van der Waals surface area contributed by atoms with Crippen molar-refractivity contribution in [2.75, 3.05) is 0 Å². The summed E-state index contributed by atoms with van der Waals surface area (Å²) in [4.78, 5) is 32.6. The fourth-order valence-corrected chi connectivity index (χ4v) is 1.49. The van der Waals surface area contributed by atoms with Crippen molar-refractivity contribution in [1.82, 2.24) is 5.32 Å². The van der Waals surface area contributed by atoms with E-state index in [2.05, 4.69) is 5.32 Å². The number of carbonyl (C=O) groups is 3. The van der Waals surface area contributed by atoms with Gasteiger partial charge in [0.25, 0.3) is 0 Å². The normalized spacial score (nSPS) is 25.0. The van der Waals surface area contributed by atoms with Crippen LogP contribution < -0.4 is 5.32 Å². The Morgan fingerprint density at radius 1 is 1.50 bits per heavy atom. The van der Waals surface area contributed by atoms with Crippen LogP contribution >= 0.6 is 0 Å². The van der Waals surface area contributed by atoms with Crippen molar-refractivity contribution in [1.29, 1.82) is 0 Å². The Kier molecular flexibility index (Phi) is 1.73. The molecule has 0 unspecified atom stereocenters. The zero-order chi connectivity index (χ0) is 10.3. The summed E-state index contributed by atoms with van der Waals surface area (Å²) < 4.78 is 0. The van der Waals surface area contributed by atoms with E-state index >= 15 is 0 Å². The fourth-order valence-electron chi connectivity index (χ4n) is 1.49. The number of aliphatic carboxylic acids is 1. The minimum Gasteiger partial charge on any atom is -0.479 e. The molecule has 0 radical (unpaired) electrons. The lowest BCUT2D eigenvalue weighted by Gasteiger charge is -2.10. The first-order valence-electron chi connectivity index (χ1n) is 4.07. The third-order valence-electron chi connectivity index (χ3n) is 2.19. The van der Waals surface area contributed by atoms with Gasteiger partial charge in [-0.25, -0.2) is 4.79 Å². The average Bonchev–Trinajstić information content (AvgIpc) is 2.48. The van der Waals surface area contributed by atoms with Crippen molar-refractivity contribution >= 4 is 17.5 Å². The van der Waals surface area contributed by atoms with E-state index in [4.69, 9.17) is 5.11 Å². The summed E-state index contributed by atoms with van der Waals surface area (Å²) in [5.41, 5.74) is 1.06. The number of fused-ring (bicyclic) bond motifs is 1. The molecule has 0 aromatic rings. The summed E-state index contributed by atoms with van der Waals surface area (Å²) in [6, 6.07) is -0.824. The Hall–Kier alpha value is -1.91. The van der Waals surface area contributed by atoms with Crippen LogP contribution in [0, 0.1) is 0 Å². The molecule has 0 saturated heterocycles. The number of allylic oxidation sites excluding steroid dienone is 2. The van der Waals surface area contributed by atoms with E-state index in [1.165, 1.54) is 6.08 Å². The molecule has 0 aromatic carbocycles. The first-order valence-corrected chi connectivity index (χ1v) is 4.07. The van der Waals surface area contributed by atoms with Crippen molar-refractivity contribution in [3.8, 4) is 0 Å². The first-order chi connectivity index (χ1) is 6.58. The maximum Gasteiger partial charge on any atom is 0.330 e. The zero-order valence-corrected chi connectivity index (χ0v) is 7.11. The summed E-state index contributed by atoms with van der Waals surface area (Å²) >= 11 is 0. The van der Waals surface area contributed by atoms with Crippen molar-refractivity contribution in [3.63, 3.8) is 0 Å². The second-order valence-corrected chi connectivity index (χ2v) is 3.17. The van der Waals surface area contributed by atoms with Crippen LogP contribution in [0.25, 0.3) is 0 Å². The molecule has 14 heavy (non-hydrogen) atoms. The summed E-state index contributed by atoms with van der Waals surface area (Å²) in [7, 11) is 0. The lowest BCUT2D eigenvalue weighted by molar-refractivity contribution is -0.137. The van der Waals surface area contributed by atoms with Crippen LogP contribution in [0.3, 0.4) is 0 Å². The molecule has 1 heterocycles. The quantitative estimate of drug-likeness (QED) is 0.543. The van der Waals surface area contributed by atoms with E-state index in [0.717, 1.165) is 6.08 Å². The van der Waals surface area contributed by atoms with Gasteiger partial charge in [-0.05, 0) is 11.6 Å². The van der Waals surface area contributed by atoms with Gasteiger partial charge in [0.1, 0.15) is 6.04 Å². The Balaban J connectivity index is 2.33. The van der Waals surface area contributed by atoms with Crippen molar-refractivity contribution in [3.05, 3.63) is 23.4 Å². The van der Waals surface area contributed by atoms with E-state index in [1.54, 1.807) is 0 Å². The minimum absolute atomic E-state index is 0.00144. The van der Waals surface area contributed by atoms with Gasteiger partial charge in [0.05, 0.1) is 0 Å². The second kappa shape index (κ2) is 2.80. The Labute approximate surface area is 79.1 Å². The average molecular weight is 193 g/mol. The van der Waals surface area contributed by atoms with Gasteiger partial charge in [0, 0.05) is 18.2 Å². The predicted octanol–water partition coefficient (Wildman–Crippen LogP) is -0.605. The standard InChI is InChI=1S/C9H7NO4/c11-7-2-4-1-6(9(13)14)10-5(4)3-8(7)12/h1,3,6,10H,2H2,(H,13,14)/t6-/m1/s1. The van der Waals surface area contributed by atoms with Crippen LogP contribution in [-0.2, 0) is 14.4 Å². The van der Waals surface area contributed by atoms with E-state index in [-0.39, 0.29) is 6.42 Å². The van der Waals surface area contributed by atoms with Crippen LogP contribution in [0.1, 0.15) is 6.42 Å². The molecule has 1 atom stereocenters. The van der Waals surface area contributed by atoms with Crippen LogP contribution in [0.4, 0.5) is 0 Å².